The first kappa shape index (κ1) is 20.2. The van der Waals surface area contributed by atoms with Gasteiger partial charge in [0, 0.05) is 24.5 Å². The lowest BCUT2D eigenvalue weighted by atomic mass is 10.1. The first-order chi connectivity index (χ1) is 13.0. The summed E-state index contributed by atoms with van der Waals surface area (Å²) in [6, 6.07) is 5.93. The Balaban J connectivity index is 1.96. The predicted molar refractivity (Wildman–Crippen MR) is 104 cm³/mol. The SMILES string of the molecule is CCOC(=O)Nc1cnn(CC(=O)Nc2ccc(N(CC)CC)cc2C)n1. The fourth-order valence-electron chi connectivity index (χ4n) is 2.59. The number of anilines is 3. The van der Waals surface area contributed by atoms with Crippen molar-refractivity contribution in [1.29, 1.82) is 0 Å². The zero-order chi connectivity index (χ0) is 19.8. The van der Waals surface area contributed by atoms with E-state index in [9.17, 15) is 9.59 Å². The zero-order valence-electron chi connectivity index (χ0n) is 16.2. The molecule has 1 aromatic heterocycles. The molecule has 0 radical (unpaired) electrons. The van der Waals surface area contributed by atoms with Gasteiger partial charge in [-0.3, -0.25) is 10.1 Å². The van der Waals surface area contributed by atoms with Gasteiger partial charge in [-0.2, -0.15) is 9.90 Å². The van der Waals surface area contributed by atoms with E-state index in [4.69, 9.17) is 4.74 Å². The number of nitrogens with one attached hydrogen (secondary N) is 2. The summed E-state index contributed by atoms with van der Waals surface area (Å²) in [7, 11) is 0. The lowest BCUT2D eigenvalue weighted by Gasteiger charge is -2.22. The number of nitrogens with zero attached hydrogens (tertiary/aromatic N) is 4. The Kier molecular flexibility index (Phi) is 7.16. The molecule has 0 fully saturated rings. The van der Waals surface area contributed by atoms with Crippen LogP contribution in [0.15, 0.2) is 24.4 Å². The highest BCUT2D eigenvalue weighted by molar-refractivity contribution is 5.91. The van der Waals surface area contributed by atoms with Crippen molar-refractivity contribution in [3.8, 4) is 0 Å². The number of carbonyl (C=O) groups is 2. The van der Waals surface area contributed by atoms with Crippen molar-refractivity contribution in [2.75, 3.05) is 35.2 Å². The van der Waals surface area contributed by atoms with Gasteiger partial charge < -0.3 is 15.0 Å². The number of ether oxygens (including phenoxy) is 1. The monoisotopic (exact) mass is 374 g/mol. The molecular formula is C18H26N6O3. The molecule has 0 saturated carbocycles. The van der Waals surface area contributed by atoms with Crippen LogP contribution in [0.4, 0.5) is 22.0 Å². The topological polar surface area (TPSA) is 101 Å². The van der Waals surface area contributed by atoms with Crippen LogP contribution in [0.3, 0.4) is 0 Å². The molecule has 0 bridgehead atoms. The minimum atomic E-state index is -0.613. The molecule has 0 spiro atoms. The van der Waals surface area contributed by atoms with Gasteiger partial charge in [-0.15, -0.1) is 5.10 Å². The van der Waals surface area contributed by atoms with Crippen LogP contribution in [0.1, 0.15) is 26.3 Å². The molecule has 2 rings (SSSR count). The van der Waals surface area contributed by atoms with E-state index in [0.29, 0.717) is 0 Å². The third-order valence-corrected chi connectivity index (χ3v) is 3.94. The van der Waals surface area contributed by atoms with Crippen LogP contribution in [-0.2, 0) is 16.1 Å². The number of aromatic nitrogens is 3. The van der Waals surface area contributed by atoms with Crippen molar-refractivity contribution in [2.24, 2.45) is 0 Å². The van der Waals surface area contributed by atoms with Crippen molar-refractivity contribution in [2.45, 2.75) is 34.2 Å². The lowest BCUT2D eigenvalue weighted by molar-refractivity contribution is -0.117. The minimum absolute atomic E-state index is 0.0677. The highest BCUT2D eigenvalue weighted by Crippen LogP contribution is 2.22. The summed E-state index contributed by atoms with van der Waals surface area (Å²) in [5.74, 6) is -0.0343. The molecule has 9 heteroatoms. The first-order valence-electron chi connectivity index (χ1n) is 8.96. The van der Waals surface area contributed by atoms with Crippen LogP contribution in [-0.4, -0.2) is 46.7 Å². The first-order valence-corrected chi connectivity index (χ1v) is 8.96. The second-order valence-electron chi connectivity index (χ2n) is 5.83. The summed E-state index contributed by atoms with van der Waals surface area (Å²) in [5, 5.41) is 13.3. The quantitative estimate of drug-likeness (QED) is 0.737. The van der Waals surface area contributed by atoms with Gasteiger partial charge in [-0.25, -0.2) is 4.79 Å². The number of benzene rings is 1. The maximum Gasteiger partial charge on any atom is 0.412 e. The van der Waals surface area contributed by atoms with E-state index < -0.39 is 6.09 Å². The average molecular weight is 374 g/mol. The fraction of sp³-hybridized carbons (Fsp3) is 0.444. The third kappa shape index (κ3) is 5.70. The smallest absolute Gasteiger partial charge is 0.412 e. The Morgan fingerprint density at radius 1 is 1.19 bits per heavy atom. The van der Waals surface area contributed by atoms with Gasteiger partial charge in [0.05, 0.1) is 12.8 Å². The number of aryl methyl sites for hydroxylation is 1. The van der Waals surface area contributed by atoms with Gasteiger partial charge in [0.25, 0.3) is 0 Å². The number of hydrogen-bond acceptors (Lipinski definition) is 6. The summed E-state index contributed by atoms with van der Waals surface area (Å²) in [4.78, 5) is 27.1. The molecule has 27 heavy (non-hydrogen) atoms. The summed E-state index contributed by atoms with van der Waals surface area (Å²) in [6.07, 6.45) is 0.742. The highest BCUT2D eigenvalue weighted by Gasteiger charge is 2.11. The van der Waals surface area contributed by atoms with E-state index in [1.54, 1.807) is 6.92 Å². The van der Waals surface area contributed by atoms with Crippen LogP contribution < -0.4 is 15.5 Å². The van der Waals surface area contributed by atoms with Crippen LogP contribution in [0.2, 0.25) is 0 Å². The largest absolute Gasteiger partial charge is 0.450 e. The molecule has 0 saturated heterocycles. The lowest BCUT2D eigenvalue weighted by Crippen LogP contribution is -2.23. The second-order valence-corrected chi connectivity index (χ2v) is 5.83. The fourth-order valence-corrected chi connectivity index (χ4v) is 2.59. The number of amides is 2. The number of hydrogen-bond donors (Lipinski definition) is 2. The van der Waals surface area contributed by atoms with Crippen molar-refractivity contribution < 1.29 is 14.3 Å². The molecule has 146 valence electrons. The normalized spacial score (nSPS) is 10.4. The molecule has 0 unspecified atom stereocenters. The van der Waals surface area contributed by atoms with E-state index in [0.717, 1.165) is 30.0 Å². The van der Waals surface area contributed by atoms with Crippen molar-refractivity contribution >= 4 is 29.2 Å². The molecule has 1 aromatic carbocycles. The molecule has 0 aliphatic carbocycles. The summed E-state index contributed by atoms with van der Waals surface area (Å²) >= 11 is 0. The maximum absolute atomic E-state index is 12.3. The molecule has 9 nitrogen and oxygen atoms in total. The highest BCUT2D eigenvalue weighted by atomic mass is 16.5. The van der Waals surface area contributed by atoms with Crippen LogP contribution >= 0.6 is 0 Å². The second kappa shape index (κ2) is 9.56. The van der Waals surface area contributed by atoms with Crippen molar-refractivity contribution in [3.63, 3.8) is 0 Å². The average Bonchev–Trinajstić information content (AvgIpc) is 3.05. The van der Waals surface area contributed by atoms with Gasteiger partial charge in [0.1, 0.15) is 6.54 Å². The zero-order valence-corrected chi connectivity index (χ0v) is 16.2. The van der Waals surface area contributed by atoms with Crippen molar-refractivity contribution in [1.82, 2.24) is 15.0 Å². The molecule has 0 atom stereocenters. The minimum Gasteiger partial charge on any atom is -0.450 e. The molecule has 0 aliphatic rings. The number of carbonyl (C=O) groups excluding carboxylic acids is 2. The van der Waals surface area contributed by atoms with E-state index in [1.807, 2.05) is 19.1 Å². The molecule has 2 aromatic rings. The van der Waals surface area contributed by atoms with Gasteiger partial charge >= 0.3 is 6.09 Å². The Morgan fingerprint density at radius 3 is 2.56 bits per heavy atom. The molecular weight excluding hydrogens is 348 g/mol. The third-order valence-electron chi connectivity index (χ3n) is 3.94. The Bertz CT molecular complexity index is 785. The molecule has 0 aliphatic heterocycles. The van der Waals surface area contributed by atoms with E-state index in [2.05, 4.69) is 45.6 Å². The van der Waals surface area contributed by atoms with E-state index in [-0.39, 0.29) is 24.9 Å². The van der Waals surface area contributed by atoms with Gasteiger partial charge in [0.15, 0.2) is 5.82 Å². The number of rotatable bonds is 8. The summed E-state index contributed by atoms with van der Waals surface area (Å²) in [5.41, 5.74) is 2.85. The Morgan fingerprint density at radius 2 is 1.93 bits per heavy atom. The predicted octanol–water partition coefficient (Wildman–Crippen LogP) is 2.64. The van der Waals surface area contributed by atoms with Crippen LogP contribution in [0.5, 0.6) is 0 Å². The maximum atomic E-state index is 12.3. The van der Waals surface area contributed by atoms with Gasteiger partial charge in [0.2, 0.25) is 5.91 Å². The van der Waals surface area contributed by atoms with E-state index in [1.165, 1.54) is 11.0 Å². The summed E-state index contributed by atoms with van der Waals surface area (Å²) in [6.45, 7) is 9.92. The standard InChI is InChI=1S/C18H26N6O3/c1-5-23(6-2)14-8-9-15(13(4)10-14)20-17(25)12-24-19-11-16(22-24)21-18(26)27-7-3/h8-11H,5-7,12H2,1-4H3,(H,20,25)(H,21,22,26). The van der Waals surface area contributed by atoms with Crippen LogP contribution in [0, 0.1) is 6.92 Å². The summed E-state index contributed by atoms with van der Waals surface area (Å²) < 4.78 is 4.76. The van der Waals surface area contributed by atoms with Crippen LogP contribution in [0.25, 0.3) is 0 Å². The molecule has 1 heterocycles. The van der Waals surface area contributed by atoms with Gasteiger partial charge in [-0.05, 0) is 51.5 Å². The molecule has 2 N–H and O–H groups in total. The van der Waals surface area contributed by atoms with Crippen molar-refractivity contribution in [3.05, 3.63) is 30.0 Å². The van der Waals surface area contributed by atoms with E-state index >= 15 is 0 Å². The Labute approximate surface area is 158 Å². The molecule has 2 amide bonds. The Hall–Kier alpha value is -3.10. The van der Waals surface area contributed by atoms with Gasteiger partial charge in [-0.1, -0.05) is 0 Å².